The third-order valence-electron chi connectivity index (χ3n) is 1.39. The zero-order valence-corrected chi connectivity index (χ0v) is 8.62. The van der Waals surface area contributed by atoms with Crippen LogP contribution in [-0.4, -0.2) is 63.8 Å². The van der Waals surface area contributed by atoms with Gasteiger partial charge >= 0.3 is 0 Å². The van der Waals surface area contributed by atoms with Crippen molar-refractivity contribution in [3.63, 3.8) is 0 Å². The highest BCUT2D eigenvalue weighted by atomic mass is 16.5. The Hall–Kier alpha value is -0.200. The molecule has 0 aromatic rings. The molecular weight excluding hydrogens is 172 g/mol. The number of nitrogens with one attached hydrogen (secondary N) is 1. The lowest BCUT2D eigenvalue weighted by atomic mass is 10.4. The number of aliphatic hydroxyl groups is 1. The van der Waals surface area contributed by atoms with Crippen LogP contribution in [0.25, 0.3) is 0 Å². The van der Waals surface area contributed by atoms with Crippen molar-refractivity contribution in [2.75, 3.05) is 47.6 Å². The van der Waals surface area contributed by atoms with Crippen molar-refractivity contribution in [1.29, 1.82) is 0 Å². The van der Waals surface area contributed by atoms with Gasteiger partial charge in [-0.2, -0.15) is 0 Å². The maximum Gasteiger partial charge on any atom is 0.0911 e. The summed E-state index contributed by atoms with van der Waals surface area (Å²) >= 11 is 0. The molecule has 5 heteroatoms. The Morgan fingerprint density at radius 1 is 1.38 bits per heavy atom. The second kappa shape index (κ2) is 8.40. The van der Waals surface area contributed by atoms with Crippen LogP contribution in [0.3, 0.4) is 0 Å². The summed E-state index contributed by atoms with van der Waals surface area (Å²) in [6.45, 7) is 1.92. The number of hydrazine groups is 1. The van der Waals surface area contributed by atoms with Crippen LogP contribution in [0.15, 0.2) is 0 Å². The highest BCUT2D eigenvalue weighted by Gasteiger charge is 2.03. The molecule has 0 radical (unpaired) electrons. The van der Waals surface area contributed by atoms with E-state index in [-0.39, 0.29) is 0 Å². The number of ether oxygens (including phenoxy) is 2. The Kier molecular flexibility index (Phi) is 8.27. The molecule has 0 spiro atoms. The Labute approximate surface area is 79.6 Å². The average Bonchev–Trinajstić information content (AvgIpc) is 2.09. The minimum atomic E-state index is -0.473. The molecule has 5 nitrogen and oxygen atoms in total. The van der Waals surface area contributed by atoms with Crippen molar-refractivity contribution in [2.45, 2.75) is 6.10 Å². The molecule has 0 aliphatic rings. The van der Waals surface area contributed by atoms with Crippen molar-refractivity contribution in [3.8, 4) is 0 Å². The van der Waals surface area contributed by atoms with Gasteiger partial charge in [-0.3, -0.25) is 10.4 Å². The fourth-order valence-corrected chi connectivity index (χ4v) is 0.709. The van der Waals surface area contributed by atoms with Gasteiger partial charge in [0.15, 0.2) is 0 Å². The van der Waals surface area contributed by atoms with Gasteiger partial charge in [0, 0.05) is 27.7 Å². The number of hydrogen-bond donors (Lipinski definition) is 2. The van der Waals surface area contributed by atoms with E-state index in [1.54, 1.807) is 12.1 Å². The van der Waals surface area contributed by atoms with Crippen molar-refractivity contribution in [2.24, 2.45) is 0 Å². The summed E-state index contributed by atoms with van der Waals surface area (Å²) in [5.74, 6) is 0. The molecule has 0 amide bonds. The van der Waals surface area contributed by atoms with Crippen LogP contribution in [0.2, 0.25) is 0 Å². The summed E-state index contributed by atoms with van der Waals surface area (Å²) in [6.07, 6.45) is -0.473. The predicted octanol–water partition coefficient (Wildman–Crippen LogP) is -0.923. The monoisotopic (exact) mass is 192 g/mol. The average molecular weight is 192 g/mol. The summed E-state index contributed by atoms with van der Waals surface area (Å²) in [7, 11) is 5.37. The standard InChI is InChI=1S/C8H20N2O3/c1-10(2)9-6-8(11)7-13-5-4-12-3/h8-9,11H,4-7H2,1-3H3. The Bertz CT molecular complexity index is 112. The first kappa shape index (κ1) is 12.8. The van der Waals surface area contributed by atoms with Gasteiger partial charge in [0.25, 0.3) is 0 Å². The number of aliphatic hydroxyl groups excluding tert-OH is 1. The van der Waals surface area contributed by atoms with Crippen LogP contribution in [0.4, 0.5) is 0 Å². The zero-order valence-electron chi connectivity index (χ0n) is 8.62. The van der Waals surface area contributed by atoms with Gasteiger partial charge in [-0.15, -0.1) is 0 Å². The molecule has 0 saturated carbocycles. The number of hydrogen-bond acceptors (Lipinski definition) is 5. The Morgan fingerprint density at radius 2 is 2.08 bits per heavy atom. The molecule has 0 rings (SSSR count). The van der Waals surface area contributed by atoms with E-state index in [1.165, 1.54) is 0 Å². The van der Waals surface area contributed by atoms with Gasteiger partial charge in [-0.05, 0) is 0 Å². The van der Waals surface area contributed by atoms with Gasteiger partial charge in [-0.25, -0.2) is 0 Å². The third-order valence-corrected chi connectivity index (χ3v) is 1.39. The molecule has 0 aliphatic carbocycles. The van der Waals surface area contributed by atoms with Crippen LogP contribution in [0.1, 0.15) is 0 Å². The molecule has 0 aliphatic heterocycles. The van der Waals surface area contributed by atoms with E-state index in [1.807, 2.05) is 14.1 Å². The number of rotatable bonds is 8. The van der Waals surface area contributed by atoms with E-state index >= 15 is 0 Å². The molecule has 80 valence electrons. The maximum absolute atomic E-state index is 9.34. The molecule has 13 heavy (non-hydrogen) atoms. The first-order chi connectivity index (χ1) is 6.16. The predicted molar refractivity (Wildman–Crippen MR) is 50.4 cm³/mol. The molecule has 0 aromatic heterocycles. The summed E-state index contributed by atoms with van der Waals surface area (Å²) in [5.41, 5.74) is 2.96. The van der Waals surface area contributed by atoms with Crippen LogP contribution < -0.4 is 5.43 Å². The lowest BCUT2D eigenvalue weighted by molar-refractivity contribution is 0.00829. The topological polar surface area (TPSA) is 54.0 Å². The molecular formula is C8H20N2O3. The van der Waals surface area contributed by atoms with E-state index in [0.717, 1.165) is 0 Å². The first-order valence-corrected chi connectivity index (χ1v) is 4.32. The first-order valence-electron chi connectivity index (χ1n) is 4.32. The van der Waals surface area contributed by atoms with Crippen LogP contribution in [-0.2, 0) is 9.47 Å². The van der Waals surface area contributed by atoms with Gasteiger partial charge in [-0.1, -0.05) is 0 Å². The van der Waals surface area contributed by atoms with Gasteiger partial charge in [0.1, 0.15) is 0 Å². The smallest absolute Gasteiger partial charge is 0.0911 e. The van der Waals surface area contributed by atoms with Crippen LogP contribution >= 0.6 is 0 Å². The molecule has 0 aromatic carbocycles. The quantitative estimate of drug-likeness (QED) is 0.385. The second-order valence-electron chi connectivity index (χ2n) is 2.98. The maximum atomic E-state index is 9.34. The summed E-state index contributed by atoms with van der Waals surface area (Å²) < 4.78 is 9.93. The van der Waals surface area contributed by atoms with E-state index in [4.69, 9.17) is 9.47 Å². The fourth-order valence-electron chi connectivity index (χ4n) is 0.709. The van der Waals surface area contributed by atoms with Gasteiger partial charge in [0.2, 0.25) is 0 Å². The molecule has 2 N–H and O–H groups in total. The minimum absolute atomic E-state index is 0.338. The van der Waals surface area contributed by atoms with E-state index in [0.29, 0.717) is 26.4 Å². The molecule has 0 bridgehead atoms. The SMILES string of the molecule is COCCOCC(O)CNN(C)C. The van der Waals surface area contributed by atoms with E-state index in [9.17, 15) is 5.11 Å². The Balaban J connectivity index is 3.15. The summed E-state index contributed by atoms with van der Waals surface area (Å²) in [6, 6.07) is 0. The van der Waals surface area contributed by atoms with Crippen molar-refractivity contribution in [3.05, 3.63) is 0 Å². The van der Waals surface area contributed by atoms with Crippen molar-refractivity contribution >= 4 is 0 Å². The molecule has 1 atom stereocenters. The molecule has 0 saturated heterocycles. The fraction of sp³-hybridized carbons (Fsp3) is 1.00. The molecule has 0 fully saturated rings. The lowest BCUT2D eigenvalue weighted by Crippen LogP contribution is -2.38. The van der Waals surface area contributed by atoms with Gasteiger partial charge < -0.3 is 14.6 Å². The lowest BCUT2D eigenvalue weighted by Gasteiger charge is -2.16. The second-order valence-corrected chi connectivity index (χ2v) is 2.98. The zero-order chi connectivity index (χ0) is 10.1. The highest BCUT2D eigenvalue weighted by molar-refractivity contribution is 4.55. The van der Waals surface area contributed by atoms with Gasteiger partial charge in [0.05, 0.1) is 25.9 Å². The van der Waals surface area contributed by atoms with Crippen LogP contribution in [0, 0.1) is 0 Å². The van der Waals surface area contributed by atoms with E-state index in [2.05, 4.69) is 5.43 Å². The normalized spacial score (nSPS) is 13.6. The number of methoxy groups -OCH3 is 1. The summed E-state index contributed by atoms with van der Waals surface area (Å²) in [5, 5.41) is 11.1. The van der Waals surface area contributed by atoms with Crippen molar-refractivity contribution in [1.82, 2.24) is 10.4 Å². The molecule has 0 heterocycles. The van der Waals surface area contributed by atoms with E-state index < -0.39 is 6.10 Å². The largest absolute Gasteiger partial charge is 0.389 e. The molecule has 1 unspecified atom stereocenters. The summed E-state index contributed by atoms with van der Waals surface area (Å²) in [4.78, 5) is 0. The minimum Gasteiger partial charge on any atom is -0.389 e. The number of nitrogens with zero attached hydrogens (tertiary/aromatic N) is 1. The van der Waals surface area contributed by atoms with Crippen molar-refractivity contribution < 1.29 is 14.6 Å². The van der Waals surface area contributed by atoms with Crippen LogP contribution in [0.5, 0.6) is 0 Å². The Morgan fingerprint density at radius 3 is 2.62 bits per heavy atom. The third kappa shape index (κ3) is 9.72. The highest BCUT2D eigenvalue weighted by Crippen LogP contribution is 1.84.